The number of H-pyrrole nitrogens is 1. The maximum Gasteiger partial charge on any atom is 0.255 e. The highest BCUT2D eigenvalue weighted by molar-refractivity contribution is 7.86. The van der Waals surface area contributed by atoms with E-state index < -0.39 is 11.0 Å². The van der Waals surface area contributed by atoms with E-state index in [0.717, 1.165) is 22.3 Å². The number of aromatic amines is 1. The van der Waals surface area contributed by atoms with Crippen molar-refractivity contribution in [3.8, 4) is 11.3 Å². The normalized spacial score (nSPS) is 16.3. The molecule has 1 saturated heterocycles. The van der Waals surface area contributed by atoms with E-state index in [9.17, 15) is 9.00 Å². The van der Waals surface area contributed by atoms with Crippen molar-refractivity contribution in [2.45, 2.75) is 0 Å². The molecule has 1 atom stereocenters. The number of nitrogens with zero attached hydrogens (tertiary/aromatic N) is 2. The number of aromatic nitrogens is 2. The van der Waals surface area contributed by atoms with Gasteiger partial charge in [0.05, 0.1) is 23.9 Å². The fraction of sp³-hybridized carbons (Fsp3) is 0.130. The molecule has 9 heteroatoms. The fourth-order valence-electron chi connectivity index (χ4n) is 3.55. The Morgan fingerprint density at radius 2 is 1.97 bits per heavy atom. The lowest BCUT2D eigenvalue weighted by molar-refractivity contribution is 0.102. The van der Waals surface area contributed by atoms with Crippen LogP contribution in [0.1, 0.15) is 10.4 Å². The standard InChI is InChI=1S/C23H19ClN4O3S/c24-20-7-4-17(13-19(20)21-8-3-15-9-10-25-22(15)27-21)26-23(29)16-1-5-18(6-2-16)28-11-12-31-14-32(28)30/h1-10,13H,11-12,14H2,(H,25,27)(H,26,29). The molecule has 2 aromatic heterocycles. The van der Waals surface area contributed by atoms with Crippen molar-refractivity contribution in [2.24, 2.45) is 0 Å². The van der Waals surface area contributed by atoms with Crippen molar-refractivity contribution >= 4 is 50.9 Å². The van der Waals surface area contributed by atoms with E-state index in [1.165, 1.54) is 0 Å². The number of carbonyl (C=O) groups excluding carboxylic acids is 1. The Hall–Kier alpha value is -3.20. The van der Waals surface area contributed by atoms with E-state index in [4.69, 9.17) is 16.3 Å². The van der Waals surface area contributed by atoms with Crippen molar-refractivity contribution in [1.29, 1.82) is 0 Å². The molecule has 1 amide bonds. The second-order valence-corrected chi connectivity index (χ2v) is 8.98. The predicted molar refractivity (Wildman–Crippen MR) is 127 cm³/mol. The lowest BCUT2D eigenvalue weighted by atomic mass is 10.1. The van der Waals surface area contributed by atoms with Gasteiger partial charge in [0.15, 0.2) is 0 Å². The molecule has 0 radical (unpaired) electrons. The van der Waals surface area contributed by atoms with Crippen LogP contribution in [0.3, 0.4) is 0 Å². The molecule has 0 bridgehead atoms. The summed E-state index contributed by atoms with van der Waals surface area (Å²) in [5.74, 6) is -0.0621. The molecule has 3 heterocycles. The van der Waals surface area contributed by atoms with Gasteiger partial charge in [-0.1, -0.05) is 11.6 Å². The van der Waals surface area contributed by atoms with Gasteiger partial charge in [-0.25, -0.2) is 9.19 Å². The maximum atomic E-state index is 12.8. The van der Waals surface area contributed by atoms with Gasteiger partial charge in [0.25, 0.3) is 5.91 Å². The number of hydrogen-bond donors (Lipinski definition) is 2. The highest BCUT2D eigenvalue weighted by Crippen LogP contribution is 2.31. The molecule has 2 N–H and O–H groups in total. The third kappa shape index (κ3) is 4.12. The molecule has 1 aliphatic rings. The van der Waals surface area contributed by atoms with Crippen molar-refractivity contribution in [3.05, 3.63) is 77.4 Å². The Labute approximate surface area is 192 Å². The van der Waals surface area contributed by atoms with Crippen LogP contribution in [0.25, 0.3) is 22.3 Å². The van der Waals surface area contributed by atoms with Crippen LogP contribution in [0.4, 0.5) is 11.4 Å². The minimum absolute atomic E-state index is 0.187. The zero-order chi connectivity index (χ0) is 22.1. The summed E-state index contributed by atoms with van der Waals surface area (Å²) < 4.78 is 19.1. The van der Waals surface area contributed by atoms with Crippen molar-refractivity contribution in [3.63, 3.8) is 0 Å². The Kier molecular flexibility index (Phi) is 5.65. The minimum Gasteiger partial charge on any atom is -0.364 e. The van der Waals surface area contributed by atoms with Gasteiger partial charge < -0.3 is 15.0 Å². The van der Waals surface area contributed by atoms with Crippen LogP contribution in [0.5, 0.6) is 0 Å². The molecule has 1 unspecified atom stereocenters. The molecule has 32 heavy (non-hydrogen) atoms. The van der Waals surface area contributed by atoms with E-state index >= 15 is 0 Å². The number of carbonyl (C=O) groups is 1. The highest BCUT2D eigenvalue weighted by atomic mass is 35.5. The average molecular weight is 467 g/mol. The average Bonchev–Trinajstić information content (AvgIpc) is 3.29. The molecule has 1 aliphatic heterocycles. The summed E-state index contributed by atoms with van der Waals surface area (Å²) in [6.45, 7) is 1.08. The molecule has 1 fully saturated rings. The van der Waals surface area contributed by atoms with E-state index in [1.807, 2.05) is 30.5 Å². The van der Waals surface area contributed by atoms with Crippen LogP contribution in [-0.4, -0.2) is 39.2 Å². The molecule has 5 rings (SSSR count). The Bertz CT molecular complexity index is 1320. The second kappa shape index (κ2) is 8.74. The minimum atomic E-state index is -1.22. The first-order valence-electron chi connectivity index (χ1n) is 9.98. The van der Waals surface area contributed by atoms with E-state index in [1.54, 1.807) is 40.7 Å². The Morgan fingerprint density at radius 3 is 2.78 bits per heavy atom. The van der Waals surface area contributed by atoms with E-state index in [2.05, 4.69) is 15.3 Å². The summed E-state index contributed by atoms with van der Waals surface area (Å²) in [7, 11) is -1.22. The first-order chi connectivity index (χ1) is 15.6. The van der Waals surface area contributed by atoms with E-state index in [-0.39, 0.29) is 11.8 Å². The summed E-state index contributed by atoms with van der Waals surface area (Å²) in [5, 5.41) is 4.47. The third-order valence-electron chi connectivity index (χ3n) is 5.20. The van der Waals surface area contributed by atoms with Gasteiger partial charge in [0.1, 0.15) is 22.6 Å². The quantitative estimate of drug-likeness (QED) is 0.460. The van der Waals surface area contributed by atoms with Gasteiger partial charge in [0.2, 0.25) is 0 Å². The van der Waals surface area contributed by atoms with Gasteiger partial charge in [-0.3, -0.25) is 9.10 Å². The zero-order valence-corrected chi connectivity index (χ0v) is 18.4. The zero-order valence-electron chi connectivity index (χ0n) is 16.9. The van der Waals surface area contributed by atoms with Gasteiger partial charge in [-0.15, -0.1) is 0 Å². The SMILES string of the molecule is O=C(Nc1ccc(Cl)c(-c2ccc3cc[nH]c3n2)c1)c1ccc(N2CCOCS2=O)cc1. The Balaban J connectivity index is 1.35. The number of amides is 1. The number of fused-ring (bicyclic) bond motifs is 1. The summed E-state index contributed by atoms with van der Waals surface area (Å²) in [5.41, 5.74) is 4.11. The van der Waals surface area contributed by atoms with Gasteiger partial charge in [-0.2, -0.15) is 0 Å². The van der Waals surface area contributed by atoms with Crippen molar-refractivity contribution in [2.75, 3.05) is 28.7 Å². The van der Waals surface area contributed by atoms with Gasteiger partial charge in [-0.05, 0) is 60.7 Å². The number of benzene rings is 2. The highest BCUT2D eigenvalue weighted by Gasteiger charge is 2.19. The van der Waals surface area contributed by atoms with Gasteiger partial charge >= 0.3 is 0 Å². The van der Waals surface area contributed by atoms with Crippen molar-refractivity contribution in [1.82, 2.24) is 9.97 Å². The van der Waals surface area contributed by atoms with Crippen LogP contribution in [-0.2, 0) is 15.7 Å². The second-order valence-electron chi connectivity index (χ2n) is 7.26. The van der Waals surface area contributed by atoms with Crippen LogP contribution in [0, 0.1) is 0 Å². The third-order valence-corrected chi connectivity index (χ3v) is 6.78. The monoisotopic (exact) mass is 466 g/mol. The van der Waals surface area contributed by atoms with Crippen LogP contribution in [0.15, 0.2) is 66.9 Å². The predicted octanol–water partition coefficient (Wildman–Crippen LogP) is 4.59. The van der Waals surface area contributed by atoms with Crippen molar-refractivity contribution < 1.29 is 13.7 Å². The lowest BCUT2D eigenvalue weighted by Crippen LogP contribution is -2.36. The number of anilines is 2. The van der Waals surface area contributed by atoms with E-state index in [0.29, 0.717) is 35.1 Å². The summed E-state index contributed by atoms with van der Waals surface area (Å²) >= 11 is 6.41. The summed E-state index contributed by atoms with van der Waals surface area (Å²) in [6.07, 6.45) is 1.84. The summed E-state index contributed by atoms with van der Waals surface area (Å²) in [4.78, 5) is 20.5. The smallest absolute Gasteiger partial charge is 0.255 e. The van der Waals surface area contributed by atoms with Gasteiger partial charge in [0, 0.05) is 34.1 Å². The molecular formula is C23H19ClN4O3S. The number of rotatable bonds is 4. The Morgan fingerprint density at radius 1 is 1.12 bits per heavy atom. The maximum absolute atomic E-state index is 12.8. The topological polar surface area (TPSA) is 87.3 Å². The molecular weight excluding hydrogens is 448 g/mol. The molecule has 0 saturated carbocycles. The number of nitrogens with one attached hydrogen (secondary N) is 2. The van der Waals surface area contributed by atoms with Crippen LogP contribution >= 0.6 is 11.6 Å². The number of halogens is 1. The molecule has 2 aromatic carbocycles. The molecule has 0 spiro atoms. The fourth-order valence-corrected chi connectivity index (χ4v) is 4.79. The first kappa shape index (κ1) is 20.7. The largest absolute Gasteiger partial charge is 0.364 e. The van der Waals surface area contributed by atoms with Crippen LogP contribution in [0.2, 0.25) is 5.02 Å². The molecule has 0 aliphatic carbocycles. The number of hydrogen-bond acceptors (Lipinski definition) is 4. The molecule has 162 valence electrons. The first-order valence-corrected chi connectivity index (χ1v) is 11.6. The number of ether oxygens (including phenoxy) is 1. The lowest BCUT2D eigenvalue weighted by Gasteiger charge is -2.27. The van der Waals surface area contributed by atoms with Crippen LogP contribution < -0.4 is 9.62 Å². The molecule has 4 aromatic rings. The molecule has 7 nitrogen and oxygen atoms in total. The number of pyridine rings is 1. The summed E-state index contributed by atoms with van der Waals surface area (Å²) in [6, 6.07) is 18.1.